The molecule has 0 spiro atoms. The van der Waals surface area contributed by atoms with Crippen LogP contribution in [0.2, 0.25) is 5.02 Å². The zero-order valence-electron chi connectivity index (χ0n) is 10.2. The number of benzene rings is 1. The predicted octanol–water partition coefficient (Wildman–Crippen LogP) is 2.19. The van der Waals surface area contributed by atoms with Crippen LogP contribution in [-0.2, 0) is 4.79 Å². The van der Waals surface area contributed by atoms with Gasteiger partial charge in [0.05, 0.1) is 11.5 Å². The van der Waals surface area contributed by atoms with Crippen molar-refractivity contribution in [3.8, 4) is 0 Å². The quantitative estimate of drug-likeness (QED) is 0.619. The molecular formula is C12H14ClN3O3. The minimum Gasteiger partial charge on any atom is -0.319 e. The first-order chi connectivity index (χ1) is 9.06. The first kappa shape index (κ1) is 13.8. The van der Waals surface area contributed by atoms with E-state index in [1.807, 2.05) is 0 Å². The lowest BCUT2D eigenvalue weighted by molar-refractivity contribution is -0.383. The highest BCUT2D eigenvalue weighted by Gasteiger charge is 2.21. The van der Waals surface area contributed by atoms with Gasteiger partial charge < -0.3 is 10.6 Å². The molecule has 102 valence electrons. The van der Waals surface area contributed by atoms with E-state index in [0.717, 1.165) is 6.54 Å². The number of nitrogens with zero attached hydrogens (tertiary/aromatic N) is 1. The van der Waals surface area contributed by atoms with Gasteiger partial charge in [-0.25, -0.2) is 0 Å². The van der Waals surface area contributed by atoms with Gasteiger partial charge in [-0.05, 0) is 37.4 Å². The van der Waals surface area contributed by atoms with Crippen LogP contribution in [-0.4, -0.2) is 23.9 Å². The average molecular weight is 284 g/mol. The highest BCUT2D eigenvalue weighted by atomic mass is 35.5. The molecule has 0 saturated heterocycles. The van der Waals surface area contributed by atoms with Crippen molar-refractivity contribution in [3.05, 3.63) is 33.3 Å². The highest BCUT2D eigenvalue weighted by molar-refractivity contribution is 6.31. The molecule has 2 N–H and O–H groups in total. The van der Waals surface area contributed by atoms with Crippen LogP contribution in [0.25, 0.3) is 0 Å². The van der Waals surface area contributed by atoms with Crippen molar-refractivity contribution in [1.82, 2.24) is 5.32 Å². The predicted molar refractivity (Wildman–Crippen MR) is 72.3 cm³/mol. The van der Waals surface area contributed by atoms with Crippen LogP contribution in [0.3, 0.4) is 0 Å². The Hall–Kier alpha value is -1.66. The second kappa shape index (κ2) is 5.99. The van der Waals surface area contributed by atoms with Gasteiger partial charge in [-0.2, -0.15) is 0 Å². The number of rotatable bonds is 6. The molecule has 1 aromatic rings. The normalized spacial score (nSPS) is 14.2. The fraction of sp³-hybridized carbons (Fsp3) is 0.417. The molecule has 1 aliphatic carbocycles. The fourth-order valence-electron chi connectivity index (χ4n) is 1.67. The number of carbonyl (C=O) groups is 1. The van der Waals surface area contributed by atoms with E-state index in [4.69, 9.17) is 11.6 Å². The minimum atomic E-state index is -0.570. The summed E-state index contributed by atoms with van der Waals surface area (Å²) < 4.78 is 0. The van der Waals surface area contributed by atoms with E-state index in [0.29, 0.717) is 5.92 Å². The van der Waals surface area contributed by atoms with Crippen LogP contribution in [0.4, 0.5) is 11.4 Å². The Labute approximate surface area is 115 Å². The van der Waals surface area contributed by atoms with Gasteiger partial charge in [0.1, 0.15) is 5.69 Å². The second-order valence-corrected chi connectivity index (χ2v) is 4.98. The number of halogens is 1. The highest BCUT2D eigenvalue weighted by Crippen LogP contribution is 2.28. The molecule has 0 aromatic heterocycles. The molecule has 1 fully saturated rings. The summed E-state index contributed by atoms with van der Waals surface area (Å²) in [5.74, 6) is 0.378. The molecular weight excluding hydrogens is 270 g/mol. The molecule has 19 heavy (non-hydrogen) atoms. The molecule has 0 atom stereocenters. The lowest BCUT2D eigenvalue weighted by atomic mass is 10.2. The van der Waals surface area contributed by atoms with E-state index in [1.165, 1.54) is 31.0 Å². The number of hydrogen-bond acceptors (Lipinski definition) is 4. The molecule has 0 heterocycles. The van der Waals surface area contributed by atoms with Gasteiger partial charge in [-0.15, -0.1) is 0 Å². The van der Waals surface area contributed by atoms with Gasteiger partial charge in [0.15, 0.2) is 0 Å². The lowest BCUT2D eigenvalue weighted by Crippen LogP contribution is -2.29. The van der Waals surface area contributed by atoms with Crippen molar-refractivity contribution in [2.45, 2.75) is 12.8 Å². The van der Waals surface area contributed by atoms with Crippen molar-refractivity contribution in [2.24, 2.45) is 5.92 Å². The zero-order valence-corrected chi connectivity index (χ0v) is 10.9. The number of nitro benzene ring substituents is 1. The van der Waals surface area contributed by atoms with Crippen molar-refractivity contribution in [1.29, 1.82) is 0 Å². The summed E-state index contributed by atoms with van der Waals surface area (Å²) in [6, 6.07) is 4.15. The van der Waals surface area contributed by atoms with Gasteiger partial charge >= 0.3 is 0 Å². The first-order valence-electron chi connectivity index (χ1n) is 6.01. The standard InChI is InChI=1S/C12H14ClN3O3/c13-9-3-4-10(11(5-9)16(18)19)15-12(17)7-14-6-8-1-2-8/h3-5,8,14H,1-2,6-7H2,(H,15,17). The summed E-state index contributed by atoms with van der Waals surface area (Å²) in [7, 11) is 0. The van der Waals surface area contributed by atoms with Crippen molar-refractivity contribution < 1.29 is 9.72 Å². The smallest absolute Gasteiger partial charge is 0.294 e. The molecule has 2 rings (SSSR count). The molecule has 0 unspecified atom stereocenters. The largest absolute Gasteiger partial charge is 0.319 e. The van der Waals surface area contributed by atoms with Crippen LogP contribution in [0, 0.1) is 16.0 Å². The van der Waals surface area contributed by atoms with Crippen LogP contribution in [0.15, 0.2) is 18.2 Å². The van der Waals surface area contributed by atoms with Gasteiger partial charge in [0.2, 0.25) is 5.91 Å². The maximum Gasteiger partial charge on any atom is 0.294 e. The van der Waals surface area contributed by atoms with Crippen LogP contribution < -0.4 is 10.6 Å². The average Bonchev–Trinajstić information content (AvgIpc) is 3.15. The van der Waals surface area contributed by atoms with E-state index < -0.39 is 4.92 Å². The number of anilines is 1. The van der Waals surface area contributed by atoms with Gasteiger partial charge in [-0.1, -0.05) is 11.6 Å². The molecule has 0 aliphatic heterocycles. The van der Waals surface area contributed by atoms with E-state index in [2.05, 4.69) is 10.6 Å². The fourth-order valence-corrected chi connectivity index (χ4v) is 1.83. The maximum absolute atomic E-state index is 11.6. The van der Waals surface area contributed by atoms with Gasteiger partial charge in [-0.3, -0.25) is 14.9 Å². The third kappa shape index (κ3) is 4.18. The summed E-state index contributed by atoms with van der Waals surface area (Å²) in [6.45, 7) is 0.965. The zero-order chi connectivity index (χ0) is 13.8. The molecule has 0 radical (unpaired) electrons. The Balaban J connectivity index is 1.93. The summed E-state index contributed by atoms with van der Waals surface area (Å²) >= 11 is 5.69. The molecule has 1 amide bonds. The molecule has 7 heteroatoms. The third-order valence-corrected chi connectivity index (χ3v) is 3.08. The van der Waals surface area contributed by atoms with Crippen molar-refractivity contribution in [2.75, 3.05) is 18.4 Å². The molecule has 1 saturated carbocycles. The SMILES string of the molecule is O=C(CNCC1CC1)Nc1ccc(Cl)cc1[N+](=O)[O-]. The van der Waals surface area contributed by atoms with Gasteiger partial charge in [0.25, 0.3) is 5.69 Å². The number of carbonyl (C=O) groups excluding carboxylic acids is 1. The minimum absolute atomic E-state index is 0.149. The summed E-state index contributed by atoms with van der Waals surface area (Å²) in [5.41, 5.74) is -0.0457. The monoisotopic (exact) mass is 283 g/mol. The Morgan fingerprint density at radius 3 is 2.84 bits per heavy atom. The number of amides is 1. The summed E-state index contributed by atoms with van der Waals surface area (Å²) in [5, 5.41) is 16.6. The first-order valence-corrected chi connectivity index (χ1v) is 6.38. The van der Waals surface area contributed by atoms with E-state index >= 15 is 0 Å². The van der Waals surface area contributed by atoms with E-state index in [-0.39, 0.29) is 28.8 Å². The Morgan fingerprint density at radius 1 is 1.47 bits per heavy atom. The van der Waals surface area contributed by atoms with Gasteiger partial charge in [0, 0.05) is 11.1 Å². The molecule has 6 nitrogen and oxygen atoms in total. The van der Waals surface area contributed by atoms with E-state index in [1.54, 1.807) is 0 Å². The second-order valence-electron chi connectivity index (χ2n) is 4.54. The number of nitro groups is 1. The summed E-state index contributed by atoms with van der Waals surface area (Å²) in [6.07, 6.45) is 2.41. The van der Waals surface area contributed by atoms with Crippen LogP contribution in [0.5, 0.6) is 0 Å². The molecule has 1 aliphatic rings. The number of nitrogens with one attached hydrogen (secondary N) is 2. The van der Waals surface area contributed by atoms with Crippen LogP contribution >= 0.6 is 11.6 Å². The molecule has 0 bridgehead atoms. The third-order valence-electron chi connectivity index (χ3n) is 2.85. The van der Waals surface area contributed by atoms with Crippen molar-refractivity contribution in [3.63, 3.8) is 0 Å². The lowest BCUT2D eigenvalue weighted by Gasteiger charge is -2.07. The van der Waals surface area contributed by atoms with Crippen LogP contribution in [0.1, 0.15) is 12.8 Å². The maximum atomic E-state index is 11.6. The Morgan fingerprint density at radius 2 is 2.21 bits per heavy atom. The topological polar surface area (TPSA) is 84.3 Å². The Kier molecular flexibility index (Phi) is 4.34. The molecule has 1 aromatic carbocycles. The van der Waals surface area contributed by atoms with E-state index in [9.17, 15) is 14.9 Å². The summed E-state index contributed by atoms with van der Waals surface area (Å²) in [4.78, 5) is 21.9. The Bertz CT molecular complexity index is 503. The van der Waals surface area contributed by atoms with Crippen molar-refractivity contribution >= 4 is 28.9 Å². The number of hydrogen-bond donors (Lipinski definition) is 2.